The zero-order valence-corrected chi connectivity index (χ0v) is 10.4. The van der Waals surface area contributed by atoms with Gasteiger partial charge >= 0.3 is 0 Å². The second-order valence-electron chi connectivity index (χ2n) is 3.95. The lowest BCUT2D eigenvalue weighted by molar-refractivity contribution is 0.252. The van der Waals surface area contributed by atoms with Gasteiger partial charge in [-0.1, -0.05) is 19.0 Å². The summed E-state index contributed by atoms with van der Waals surface area (Å²) in [7, 11) is 1.73. The maximum Gasteiger partial charge on any atom is 0.188 e. The molecule has 1 unspecified atom stereocenters. The van der Waals surface area contributed by atoms with Gasteiger partial charge in [0, 0.05) is 12.5 Å². The van der Waals surface area contributed by atoms with E-state index in [0.29, 0.717) is 18.9 Å². The van der Waals surface area contributed by atoms with Crippen molar-refractivity contribution in [3.8, 4) is 0 Å². The van der Waals surface area contributed by atoms with Crippen LogP contribution in [0.5, 0.6) is 0 Å². The summed E-state index contributed by atoms with van der Waals surface area (Å²) >= 11 is 0. The number of nitrogens with two attached hydrogens (primary N) is 1. The number of hydrogen-bond acceptors (Lipinski definition) is 6. The molecule has 0 aliphatic rings. The minimum absolute atomic E-state index is 0.0170. The van der Waals surface area contributed by atoms with Gasteiger partial charge in [-0.3, -0.25) is 4.90 Å². The fourth-order valence-corrected chi connectivity index (χ4v) is 1.47. The Morgan fingerprint density at radius 3 is 2.82 bits per heavy atom. The van der Waals surface area contributed by atoms with Crippen molar-refractivity contribution < 1.29 is 5.21 Å². The highest BCUT2D eigenvalue weighted by atomic mass is 16.4. The Morgan fingerprint density at radius 1 is 1.65 bits per heavy atom. The summed E-state index contributed by atoms with van der Waals surface area (Å²) < 4.78 is 0. The molecule has 8 heteroatoms. The minimum atomic E-state index is -0.0170. The lowest BCUT2D eigenvalue weighted by Crippen LogP contribution is -2.34. The number of hydrogen-bond donors (Lipinski definition) is 2. The van der Waals surface area contributed by atoms with Gasteiger partial charge in [-0.15, -0.1) is 10.2 Å². The third-order valence-electron chi connectivity index (χ3n) is 2.51. The van der Waals surface area contributed by atoms with Crippen LogP contribution in [0.4, 0.5) is 0 Å². The molecule has 0 amide bonds. The van der Waals surface area contributed by atoms with Gasteiger partial charge in [0.2, 0.25) is 0 Å². The molecule has 8 nitrogen and oxygen atoms in total. The molecule has 3 N–H and O–H groups in total. The first kappa shape index (κ1) is 13.4. The normalized spacial score (nSPS) is 14.2. The molecule has 0 saturated heterocycles. The van der Waals surface area contributed by atoms with Crippen molar-refractivity contribution in [3.63, 3.8) is 0 Å². The molecule has 0 spiro atoms. The molecule has 0 aliphatic carbocycles. The van der Waals surface area contributed by atoms with Crippen molar-refractivity contribution in [2.75, 3.05) is 13.1 Å². The second-order valence-corrected chi connectivity index (χ2v) is 3.95. The summed E-state index contributed by atoms with van der Waals surface area (Å²) in [5, 5.41) is 23.4. The molecule has 0 bridgehead atoms. The summed E-state index contributed by atoms with van der Waals surface area (Å²) in [4.78, 5) is 3.54. The van der Waals surface area contributed by atoms with Gasteiger partial charge in [-0.25, -0.2) is 0 Å². The predicted octanol–water partition coefficient (Wildman–Crippen LogP) is -0.585. The zero-order chi connectivity index (χ0) is 12.8. The lowest BCUT2D eigenvalue weighted by atomic mass is 10.1. The third-order valence-corrected chi connectivity index (χ3v) is 2.51. The van der Waals surface area contributed by atoms with Gasteiger partial charge in [-0.05, 0) is 11.8 Å². The van der Waals surface area contributed by atoms with Gasteiger partial charge < -0.3 is 10.9 Å². The van der Waals surface area contributed by atoms with E-state index in [1.165, 1.54) is 4.80 Å². The molecule has 1 atom stereocenters. The minimum Gasteiger partial charge on any atom is -0.409 e. The monoisotopic (exact) mass is 241 g/mol. The van der Waals surface area contributed by atoms with Crippen molar-refractivity contribution in [2.24, 2.45) is 23.9 Å². The predicted molar refractivity (Wildman–Crippen MR) is 62.3 cm³/mol. The van der Waals surface area contributed by atoms with Crippen LogP contribution < -0.4 is 5.73 Å². The van der Waals surface area contributed by atoms with E-state index >= 15 is 0 Å². The van der Waals surface area contributed by atoms with E-state index in [2.05, 4.69) is 25.5 Å². The molecule has 1 heterocycles. The fourth-order valence-electron chi connectivity index (χ4n) is 1.47. The summed E-state index contributed by atoms with van der Waals surface area (Å²) in [6.07, 6.45) is 0. The van der Waals surface area contributed by atoms with E-state index in [0.717, 1.165) is 6.54 Å². The lowest BCUT2D eigenvalue weighted by Gasteiger charge is -2.21. The van der Waals surface area contributed by atoms with E-state index in [9.17, 15) is 0 Å². The smallest absolute Gasteiger partial charge is 0.188 e. The van der Waals surface area contributed by atoms with E-state index in [4.69, 9.17) is 10.9 Å². The number of aryl methyl sites for hydroxylation is 1. The number of oxime groups is 1. The molecule has 0 radical (unpaired) electrons. The molecule has 96 valence electrons. The van der Waals surface area contributed by atoms with Gasteiger partial charge in [-0.2, -0.15) is 4.80 Å². The van der Waals surface area contributed by atoms with Crippen LogP contribution in [0.2, 0.25) is 0 Å². The van der Waals surface area contributed by atoms with Crippen molar-refractivity contribution >= 4 is 5.84 Å². The van der Waals surface area contributed by atoms with E-state index in [1.807, 2.05) is 13.8 Å². The maximum absolute atomic E-state index is 8.59. The van der Waals surface area contributed by atoms with Crippen LogP contribution in [0.15, 0.2) is 5.16 Å². The first-order valence-electron chi connectivity index (χ1n) is 5.49. The van der Waals surface area contributed by atoms with Crippen LogP contribution in [0.25, 0.3) is 0 Å². The van der Waals surface area contributed by atoms with Gasteiger partial charge in [0.15, 0.2) is 5.82 Å². The average molecular weight is 241 g/mol. The van der Waals surface area contributed by atoms with Crippen molar-refractivity contribution in [3.05, 3.63) is 5.82 Å². The second kappa shape index (κ2) is 6.14. The highest BCUT2D eigenvalue weighted by molar-refractivity contribution is 5.82. The van der Waals surface area contributed by atoms with E-state index in [1.54, 1.807) is 7.05 Å². The summed E-state index contributed by atoms with van der Waals surface area (Å²) in [6.45, 7) is 6.07. The van der Waals surface area contributed by atoms with Gasteiger partial charge in [0.05, 0.1) is 13.6 Å². The summed E-state index contributed by atoms with van der Waals surface area (Å²) in [5.74, 6) is 0.883. The zero-order valence-electron chi connectivity index (χ0n) is 10.4. The Kier molecular flexibility index (Phi) is 4.83. The fraction of sp³-hybridized carbons (Fsp3) is 0.778. The number of amidine groups is 1. The summed E-state index contributed by atoms with van der Waals surface area (Å²) in [5.41, 5.74) is 5.54. The Hall–Kier alpha value is -1.70. The number of tetrazole rings is 1. The SMILES string of the molecule is CCN(Cc1nnn(C)n1)CC(C)C(N)=NO. The summed E-state index contributed by atoms with van der Waals surface area (Å²) in [6, 6.07) is 0. The first-order chi connectivity index (χ1) is 8.06. The van der Waals surface area contributed by atoms with Crippen LogP contribution in [0, 0.1) is 5.92 Å². The average Bonchev–Trinajstić information content (AvgIpc) is 2.72. The Bertz CT molecular complexity index is 375. The van der Waals surface area contributed by atoms with E-state index < -0.39 is 0 Å². The Balaban J connectivity index is 2.54. The topological polar surface area (TPSA) is 105 Å². The standard InChI is InChI=1S/C9H19N7O/c1-4-16(5-7(2)9(10)13-17)6-8-11-14-15(3)12-8/h7,17H,4-6H2,1-3H3,(H2,10,13). The molecule has 0 fully saturated rings. The van der Waals surface area contributed by atoms with Crippen LogP contribution in [-0.4, -0.2) is 49.2 Å². The molecular weight excluding hydrogens is 222 g/mol. The Labute approximate surface area is 100 Å². The number of nitrogens with zero attached hydrogens (tertiary/aromatic N) is 6. The Morgan fingerprint density at radius 2 is 2.35 bits per heavy atom. The van der Waals surface area contributed by atoms with Crippen LogP contribution in [-0.2, 0) is 13.6 Å². The van der Waals surface area contributed by atoms with Crippen molar-refractivity contribution in [1.82, 2.24) is 25.1 Å². The van der Waals surface area contributed by atoms with Crippen molar-refractivity contribution in [1.29, 1.82) is 0 Å². The quantitative estimate of drug-likeness (QED) is 0.298. The first-order valence-corrected chi connectivity index (χ1v) is 5.49. The van der Waals surface area contributed by atoms with Gasteiger partial charge in [0.25, 0.3) is 0 Å². The molecule has 1 aromatic rings. The van der Waals surface area contributed by atoms with Crippen LogP contribution in [0.1, 0.15) is 19.7 Å². The molecule has 1 aromatic heterocycles. The highest BCUT2D eigenvalue weighted by Crippen LogP contribution is 2.03. The number of aromatic nitrogens is 4. The van der Waals surface area contributed by atoms with E-state index in [-0.39, 0.29) is 11.8 Å². The van der Waals surface area contributed by atoms with Gasteiger partial charge in [0.1, 0.15) is 5.84 Å². The largest absolute Gasteiger partial charge is 0.409 e. The van der Waals surface area contributed by atoms with Crippen LogP contribution in [0.3, 0.4) is 0 Å². The van der Waals surface area contributed by atoms with Crippen molar-refractivity contribution in [2.45, 2.75) is 20.4 Å². The molecule has 1 rings (SSSR count). The number of rotatable bonds is 6. The maximum atomic E-state index is 8.59. The highest BCUT2D eigenvalue weighted by Gasteiger charge is 2.14. The molecule has 17 heavy (non-hydrogen) atoms. The molecule has 0 aliphatic heterocycles. The van der Waals surface area contributed by atoms with Crippen LogP contribution >= 0.6 is 0 Å². The molecular formula is C9H19N7O. The molecule has 0 saturated carbocycles. The molecule has 0 aromatic carbocycles. The third kappa shape index (κ3) is 3.99.